The van der Waals surface area contributed by atoms with E-state index in [4.69, 9.17) is 0 Å². The van der Waals surface area contributed by atoms with E-state index in [1.54, 1.807) is 0 Å². The van der Waals surface area contributed by atoms with Gasteiger partial charge in [0.05, 0.1) is 0 Å². The molecule has 0 fully saturated rings. The Morgan fingerprint density at radius 3 is 1.73 bits per heavy atom. The van der Waals surface area contributed by atoms with Crippen molar-refractivity contribution in [1.29, 1.82) is 0 Å². The quantitative estimate of drug-likeness (QED) is 0.279. The van der Waals surface area contributed by atoms with Gasteiger partial charge in [0.2, 0.25) is 0 Å². The summed E-state index contributed by atoms with van der Waals surface area (Å²) in [5.41, 5.74) is 0.883. The van der Waals surface area contributed by atoms with Crippen LogP contribution in [-0.4, -0.2) is 67.4 Å². The normalized spacial score (nSPS) is 11.4. The molecule has 0 aliphatic heterocycles. The molecule has 2 aliphatic rings. The average Bonchev–Trinajstić information content (AvgIpc) is 2.64. The first kappa shape index (κ1) is 18.6. The number of phenolic OH excluding ortho intramolecular Hbond substituents is 1. The van der Waals surface area contributed by atoms with Crippen LogP contribution >= 0.6 is 0 Å². The van der Waals surface area contributed by atoms with E-state index >= 15 is 0 Å². The van der Waals surface area contributed by atoms with E-state index in [9.17, 15) is 5.11 Å². The fourth-order valence-corrected chi connectivity index (χ4v) is 7.23. The van der Waals surface area contributed by atoms with Crippen molar-refractivity contribution >= 4 is 83.8 Å². The number of hydrogen-bond acceptors (Lipinski definition) is 1. The fourth-order valence-electron chi connectivity index (χ4n) is 3.41. The topological polar surface area (TPSA) is 20.2 Å². The predicted molar refractivity (Wildman–Crippen MR) is 111 cm³/mol. The molecule has 4 rings (SSSR count). The van der Waals surface area contributed by atoms with Crippen LogP contribution in [-0.2, 0) is 6.42 Å². The van der Waals surface area contributed by atoms with Crippen LogP contribution in [0.4, 0.5) is 0 Å². The summed E-state index contributed by atoms with van der Waals surface area (Å²) >= 11 is 13.1. The zero-order valence-electron chi connectivity index (χ0n) is 13.5. The molecule has 0 spiro atoms. The molecule has 0 atom stereocenters. The Morgan fingerprint density at radius 2 is 1.23 bits per heavy atom. The van der Waals surface area contributed by atoms with Gasteiger partial charge in [-0.15, -0.1) is 0 Å². The third-order valence-corrected chi connectivity index (χ3v) is 8.21. The van der Waals surface area contributed by atoms with Crippen LogP contribution in [0.25, 0.3) is 21.5 Å². The molecule has 0 saturated heterocycles. The molecule has 1 nitrogen and oxygen atoms in total. The molecule has 0 saturated carbocycles. The van der Waals surface area contributed by atoms with Crippen LogP contribution < -0.4 is 0 Å². The molecule has 0 aromatic heterocycles. The van der Waals surface area contributed by atoms with Gasteiger partial charge in [-0.3, -0.25) is 0 Å². The van der Waals surface area contributed by atoms with Crippen molar-refractivity contribution in [2.75, 3.05) is 0 Å². The molecular formula is C21H12OSe4. The van der Waals surface area contributed by atoms with E-state index in [0.29, 0.717) is 12.2 Å². The number of hydrogen-bond donors (Lipinski definition) is 1. The van der Waals surface area contributed by atoms with Crippen molar-refractivity contribution in [3.05, 3.63) is 81.3 Å². The second-order valence-corrected chi connectivity index (χ2v) is 9.56. The van der Waals surface area contributed by atoms with Crippen molar-refractivity contribution in [3.8, 4) is 5.75 Å². The van der Waals surface area contributed by atoms with Gasteiger partial charge in [0, 0.05) is 0 Å². The molecular weight excluding hydrogens is 584 g/mol. The maximum atomic E-state index is 10.4. The van der Waals surface area contributed by atoms with Crippen LogP contribution in [0.1, 0.15) is 5.56 Å². The standard InChI is InChI=1S/C21H12OSe4/c1-2-5-10-8-13-14(9-15(10)22)21(26)17-16(20(13)25)18(23)11-6-3-4-7-12(11)19(17)24/h2-4,6-9,22H,1,5H2. The van der Waals surface area contributed by atoms with Crippen LogP contribution in [0.5, 0.6) is 5.75 Å². The molecule has 2 aliphatic carbocycles. The molecule has 0 heterocycles. The first-order valence-corrected chi connectivity index (χ1v) is 11.4. The Balaban J connectivity index is 2.44. The fraction of sp³-hybridized carbons (Fsp3) is 0.0476. The monoisotopic (exact) mass is 600 g/mol. The SMILES string of the molecule is C=CCc1cc2c(=[Se])c3c(=[Se])c4ccccc4c(=[Se])c=3c(=[Se])c2cc1O. The molecule has 0 radical (unpaired) electrons. The number of allylic oxidation sites excluding steroid dienone is 1. The van der Waals surface area contributed by atoms with Crippen molar-refractivity contribution in [3.63, 3.8) is 0 Å². The van der Waals surface area contributed by atoms with Crippen LogP contribution in [0, 0.1) is 26.7 Å². The van der Waals surface area contributed by atoms with Crippen molar-refractivity contribution in [2.45, 2.75) is 6.42 Å². The summed E-state index contributed by atoms with van der Waals surface area (Å²) in [6, 6.07) is 12.3. The summed E-state index contributed by atoms with van der Waals surface area (Å²) in [6.45, 7) is 3.79. The van der Waals surface area contributed by atoms with Gasteiger partial charge in [-0.05, 0) is 0 Å². The Labute approximate surface area is 181 Å². The van der Waals surface area contributed by atoms with Gasteiger partial charge in [-0.25, -0.2) is 0 Å². The summed E-state index contributed by atoms with van der Waals surface area (Å²) in [6.07, 6.45) is 2.45. The second-order valence-electron chi connectivity index (χ2n) is 6.13. The number of aromatic hydroxyl groups is 1. The molecule has 126 valence electrons. The summed E-state index contributed by atoms with van der Waals surface area (Å²) in [7, 11) is 0. The number of benzene rings is 2. The molecule has 0 unspecified atom stereocenters. The number of phenols is 1. The van der Waals surface area contributed by atoms with Crippen LogP contribution in [0.2, 0.25) is 0 Å². The Bertz CT molecular complexity index is 1510. The third kappa shape index (κ3) is 2.71. The Morgan fingerprint density at radius 1 is 0.769 bits per heavy atom. The third-order valence-electron chi connectivity index (χ3n) is 4.65. The van der Waals surface area contributed by atoms with Crippen molar-refractivity contribution < 1.29 is 5.11 Å². The number of rotatable bonds is 2. The summed E-state index contributed by atoms with van der Waals surface area (Å²) in [4.78, 5) is 0. The Kier molecular flexibility index (Phi) is 5.03. The molecule has 1 N–H and O–H groups in total. The summed E-state index contributed by atoms with van der Waals surface area (Å²) in [5, 5.41) is 17.3. The molecule has 2 aromatic rings. The van der Waals surface area contributed by atoms with E-state index in [0.717, 1.165) is 37.8 Å². The molecule has 0 amide bonds. The zero-order valence-corrected chi connectivity index (χ0v) is 20.4. The minimum atomic E-state index is 0.304. The van der Waals surface area contributed by atoms with E-state index in [2.05, 4.69) is 99.2 Å². The maximum absolute atomic E-state index is 10.4. The van der Waals surface area contributed by atoms with E-state index in [-0.39, 0.29) is 0 Å². The van der Waals surface area contributed by atoms with Crippen LogP contribution in [0.15, 0.2) is 49.1 Å². The summed E-state index contributed by atoms with van der Waals surface area (Å²) in [5.74, 6) is 0.304. The molecule has 26 heavy (non-hydrogen) atoms. The first-order valence-electron chi connectivity index (χ1n) is 7.94. The zero-order chi connectivity index (χ0) is 18.6. The molecule has 0 bridgehead atoms. The molecule has 5 heteroatoms. The van der Waals surface area contributed by atoms with Gasteiger partial charge >= 0.3 is 182 Å². The van der Waals surface area contributed by atoms with Crippen molar-refractivity contribution in [2.24, 2.45) is 0 Å². The predicted octanol–water partition coefficient (Wildman–Crippen LogP) is 2.83. The average molecular weight is 596 g/mol. The van der Waals surface area contributed by atoms with Crippen LogP contribution in [0.3, 0.4) is 0 Å². The Hall–Kier alpha value is -0.722. The van der Waals surface area contributed by atoms with E-state index in [1.165, 1.54) is 16.0 Å². The van der Waals surface area contributed by atoms with Gasteiger partial charge in [-0.1, -0.05) is 0 Å². The van der Waals surface area contributed by atoms with Gasteiger partial charge < -0.3 is 0 Å². The van der Waals surface area contributed by atoms with E-state index < -0.39 is 0 Å². The molecule has 2 aromatic carbocycles. The van der Waals surface area contributed by atoms with Gasteiger partial charge in [0.1, 0.15) is 0 Å². The second kappa shape index (κ2) is 7.02. The van der Waals surface area contributed by atoms with Crippen molar-refractivity contribution in [1.82, 2.24) is 0 Å². The van der Waals surface area contributed by atoms with Gasteiger partial charge in [0.15, 0.2) is 0 Å². The summed E-state index contributed by atoms with van der Waals surface area (Å²) < 4.78 is 4.40. The number of fused-ring (bicyclic) bond motifs is 2. The van der Waals surface area contributed by atoms with Gasteiger partial charge in [-0.2, -0.15) is 0 Å². The van der Waals surface area contributed by atoms with E-state index in [1.807, 2.05) is 12.1 Å². The minimum absolute atomic E-state index is 0.304. The van der Waals surface area contributed by atoms with Gasteiger partial charge in [0.25, 0.3) is 0 Å². The first-order chi connectivity index (χ1) is 12.5.